The molecule has 0 rings (SSSR count). The first-order valence-electron chi connectivity index (χ1n) is 8.67. The van der Waals surface area contributed by atoms with E-state index < -0.39 is 65.9 Å². The van der Waals surface area contributed by atoms with Gasteiger partial charge in [0.1, 0.15) is 0 Å². The summed E-state index contributed by atoms with van der Waals surface area (Å²) in [5.41, 5.74) is -1.52. The summed E-state index contributed by atoms with van der Waals surface area (Å²) < 4.78 is 18.9. The van der Waals surface area contributed by atoms with E-state index in [9.17, 15) is 24.0 Å². The van der Waals surface area contributed by atoms with E-state index in [-0.39, 0.29) is 5.75 Å². The van der Waals surface area contributed by atoms with Crippen molar-refractivity contribution in [1.29, 1.82) is 0 Å². The number of esters is 3. The van der Waals surface area contributed by atoms with Crippen LogP contribution < -0.4 is 0 Å². The molecule has 0 fully saturated rings. The second-order valence-electron chi connectivity index (χ2n) is 8.06. The van der Waals surface area contributed by atoms with Gasteiger partial charge in [-0.05, 0) is 53.3 Å². The number of ether oxygens (including phenoxy) is 4. The van der Waals surface area contributed by atoms with Crippen molar-refractivity contribution in [3.63, 3.8) is 0 Å². The van der Waals surface area contributed by atoms with Crippen molar-refractivity contribution in [2.45, 2.75) is 48.0 Å². The van der Waals surface area contributed by atoms with E-state index in [0.29, 0.717) is 11.8 Å². The van der Waals surface area contributed by atoms with Crippen LogP contribution >= 0.6 is 11.8 Å². The number of hydrogen-bond acceptors (Lipinski definition) is 10. The van der Waals surface area contributed by atoms with Crippen LogP contribution in [-0.4, -0.2) is 53.6 Å². The molecule has 0 heterocycles. The Hall–Kier alpha value is -2.30. The van der Waals surface area contributed by atoms with Gasteiger partial charge in [0.15, 0.2) is 0 Å². The van der Waals surface area contributed by atoms with Crippen molar-refractivity contribution in [3.8, 4) is 0 Å². The lowest BCUT2D eigenvalue weighted by molar-refractivity contribution is -0.174. The SMILES string of the molecule is CC(C)(C)C(=O)OCOC(=O)C[C@@H](CSC(=O)OCOC(=O)C(C)(C)C)C(=O)O. The molecule has 0 amide bonds. The summed E-state index contributed by atoms with van der Waals surface area (Å²) in [4.78, 5) is 57.6. The first-order valence-corrected chi connectivity index (χ1v) is 9.65. The molecule has 0 aromatic rings. The van der Waals surface area contributed by atoms with Crippen LogP contribution in [0.2, 0.25) is 0 Å². The van der Waals surface area contributed by atoms with E-state index in [1.165, 1.54) is 0 Å². The molecule has 10 nitrogen and oxygen atoms in total. The molecule has 0 unspecified atom stereocenters. The third-order valence-electron chi connectivity index (χ3n) is 3.17. The number of aliphatic carboxylic acids is 1. The van der Waals surface area contributed by atoms with Gasteiger partial charge in [-0.25, -0.2) is 4.79 Å². The minimum absolute atomic E-state index is 0.266. The monoisotopic (exact) mass is 436 g/mol. The van der Waals surface area contributed by atoms with Crippen LogP contribution in [0.4, 0.5) is 4.79 Å². The smallest absolute Gasteiger partial charge is 0.370 e. The van der Waals surface area contributed by atoms with Gasteiger partial charge in [0.25, 0.3) is 0 Å². The molecule has 0 aromatic carbocycles. The van der Waals surface area contributed by atoms with Gasteiger partial charge in [0.05, 0.1) is 23.2 Å². The predicted octanol–water partition coefficient (Wildman–Crippen LogP) is 2.58. The molecule has 11 heteroatoms. The Labute approximate surface area is 173 Å². The maximum atomic E-state index is 11.7. The summed E-state index contributed by atoms with van der Waals surface area (Å²) in [6.45, 7) is 8.54. The third kappa shape index (κ3) is 12.0. The molecular formula is C18H28O10S. The van der Waals surface area contributed by atoms with Crippen LogP contribution in [0.1, 0.15) is 48.0 Å². The van der Waals surface area contributed by atoms with Crippen molar-refractivity contribution < 1.29 is 48.0 Å². The quantitative estimate of drug-likeness (QED) is 0.421. The van der Waals surface area contributed by atoms with Gasteiger partial charge in [0.2, 0.25) is 13.6 Å². The van der Waals surface area contributed by atoms with Crippen molar-refractivity contribution in [2.24, 2.45) is 16.7 Å². The molecule has 0 aliphatic heterocycles. The molecular weight excluding hydrogens is 408 g/mol. The summed E-state index contributed by atoms with van der Waals surface area (Å²) in [5, 5.41) is 8.31. The fourth-order valence-corrected chi connectivity index (χ4v) is 2.13. The van der Waals surface area contributed by atoms with Crippen molar-refractivity contribution >= 4 is 40.9 Å². The first-order chi connectivity index (χ1) is 13.1. The van der Waals surface area contributed by atoms with Gasteiger partial charge >= 0.3 is 29.2 Å². The lowest BCUT2D eigenvalue weighted by Gasteiger charge is -2.17. The Morgan fingerprint density at radius 1 is 0.793 bits per heavy atom. The zero-order valence-corrected chi connectivity index (χ0v) is 18.3. The van der Waals surface area contributed by atoms with E-state index in [4.69, 9.17) is 19.3 Å². The molecule has 0 bridgehead atoms. The zero-order chi connectivity index (χ0) is 22.8. The second-order valence-corrected chi connectivity index (χ2v) is 9.02. The normalized spacial score (nSPS) is 12.5. The fourth-order valence-electron chi connectivity index (χ4n) is 1.40. The summed E-state index contributed by atoms with van der Waals surface area (Å²) in [5.74, 6) is -4.84. The molecule has 0 aliphatic rings. The molecule has 166 valence electrons. The second kappa shape index (κ2) is 11.6. The van der Waals surface area contributed by atoms with E-state index >= 15 is 0 Å². The summed E-state index contributed by atoms with van der Waals surface area (Å²) in [6, 6.07) is 0. The highest BCUT2D eigenvalue weighted by molar-refractivity contribution is 8.13. The molecule has 0 saturated heterocycles. The number of carbonyl (C=O) groups excluding carboxylic acids is 4. The van der Waals surface area contributed by atoms with Crippen LogP contribution in [0.15, 0.2) is 0 Å². The lowest BCUT2D eigenvalue weighted by atomic mass is 9.97. The van der Waals surface area contributed by atoms with Gasteiger partial charge < -0.3 is 24.1 Å². The van der Waals surface area contributed by atoms with E-state index in [0.717, 1.165) is 0 Å². The summed E-state index contributed by atoms with van der Waals surface area (Å²) >= 11 is 0.520. The van der Waals surface area contributed by atoms with Crippen molar-refractivity contribution in [3.05, 3.63) is 0 Å². The number of carboxylic acids is 1. The Kier molecular flexibility index (Phi) is 10.7. The summed E-state index contributed by atoms with van der Waals surface area (Å²) in [6.07, 6.45) is -0.526. The highest BCUT2D eigenvalue weighted by atomic mass is 32.2. The largest absolute Gasteiger partial charge is 0.481 e. The number of carboxylic acid groups (broad SMARTS) is 1. The summed E-state index contributed by atoms with van der Waals surface area (Å²) in [7, 11) is 0. The van der Waals surface area contributed by atoms with Crippen molar-refractivity contribution in [1.82, 2.24) is 0 Å². The van der Waals surface area contributed by atoms with E-state index in [1.54, 1.807) is 41.5 Å². The number of thioether (sulfide) groups is 1. The van der Waals surface area contributed by atoms with E-state index in [2.05, 4.69) is 4.74 Å². The Morgan fingerprint density at radius 3 is 1.66 bits per heavy atom. The first kappa shape index (κ1) is 26.7. The van der Waals surface area contributed by atoms with Gasteiger partial charge in [-0.3, -0.25) is 19.2 Å². The molecule has 1 N–H and O–H groups in total. The fraction of sp³-hybridized carbons (Fsp3) is 0.722. The topological polar surface area (TPSA) is 142 Å². The van der Waals surface area contributed by atoms with E-state index in [1.807, 2.05) is 0 Å². The maximum absolute atomic E-state index is 11.7. The molecule has 0 radical (unpaired) electrons. The number of rotatable bonds is 9. The van der Waals surface area contributed by atoms with Crippen LogP contribution in [0.3, 0.4) is 0 Å². The Morgan fingerprint density at radius 2 is 1.24 bits per heavy atom. The third-order valence-corrected chi connectivity index (χ3v) is 4.09. The number of hydrogen-bond donors (Lipinski definition) is 1. The molecule has 0 spiro atoms. The number of carbonyl (C=O) groups is 5. The van der Waals surface area contributed by atoms with Gasteiger partial charge in [-0.15, -0.1) is 0 Å². The van der Waals surface area contributed by atoms with Crippen LogP contribution in [0.25, 0.3) is 0 Å². The maximum Gasteiger partial charge on any atom is 0.370 e. The zero-order valence-electron chi connectivity index (χ0n) is 17.4. The molecule has 1 atom stereocenters. The molecule has 0 aliphatic carbocycles. The van der Waals surface area contributed by atoms with Crippen LogP contribution in [0, 0.1) is 16.7 Å². The van der Waals surface area contributed by atoms with Crippen LogP contribution in [-0.2, 0) is 38.1 Å². The van der Waals surface area contributed by atoms with Gasteiger partial charge in [-0.1, -0.05) is 0 Å². The average molecular weight is 436 g/mol. The van der Waals surface area contributed by atoms with Crippen LogP contribution in [0.5, 0.6) is 0 Å². The highest BCUT2D eigenvalue weighted by Crippen LogP contribution is 2.18. The lowest BCUT2D eigenvalue weighted by Crippen LogP contribution is -2.26. The molecule has 0 saturated carbocycles. The van der Waals surface area contributed by atoms with Gasteiger partial charge in [-0.2, -0.15) is 0 Å². The van der Waals surface area contributed by atoms with Gasteiger partial charge in [0, 0.05) is 5.75 Å². The highest BCUT2D eigenvalue weighted by Gasteiger charge is 2.27. The average Bonchev–Trinajstić information content (AvgIpc) is 2.56. The predicted molar refractivity (Wildman–Crippen MR) is 102 cm³/mol. The standard InChI is InChI=1S/C18H28O10S/c1-17(2,3)14(22)26-9-25-12(19)7-11(13(20)21)8-29-16(24)28-10-27-15(23)18(4,5)6/h11H,7-10H2,1-6H3,(H,20,21)/t11-/m0/s1. The minimum atomic E-state index is -1.31. The minimum Gasteiger partial charge on any atom is -0.481 e. The molecule has 29 heavy (non-hydrogen) atoms. The Balaban J connectivity index is 4.30. The molecule has 0 aromatic heterocycles. The Bertz CT molecular complexity index is 615. The van der Waals surface area contributed by atoms with Crippen molar-refractivity contribution in [2.75, 3.05) is 19.3 Å².